The molecule has 2 saturated carbocycles. The molecular weight excluding hydrogens is 382 g/mol. The van der Waals surface area contributed by atoms with Gasteiger partial charge in [-0.05, 0) is 49.3 Å². The van der Waals surface area contributed by atoms with Gasteiger partial charge in [0.05, 0.1) is 30.1 Å². The quantitative estimate of drug-likeness (QED) is 0.241. The SMILES string of the molecule is COc1cccc(Nc2nc3[nH]ccc3c(NC3C4CCC(C4)C3C(=O)NN)[nH+]2)c1. The van der Waals surface area contributed by atoms with Crippen molar-refractivity contribution in [3.05, 3.63) is 36.5 Å². The summed E-state index contributed by atoms with van der Waals surface area (Å²) in [6, 6.07) is 9.66. The molecule has 0 radical (unpaired) electrons. The Bertz CT molecular complexity index is 1080. The third kappa shape index (κ3) is 3.21. The van der Waals surface area contributed by atoms with Crippen molar-refractivity contribution in [1.29, 1.82) is 0 Å². The smallest absolute Gasteiger partial charge is 0.351 e. The van der Waals surface area contributed by atoms with E-state index in [1.54, 1.807) is 7.11 Å². The van der Waals surface area contributed by atoms with Crippen LogP contribution in [0.4, 0.5) is 17.5 Å². The minimum atomic E-state index is -0.126. The highest BCUT2D eigenvalue weighted by atomic mass is 16.5. The number of nitrogens with one attached hydrogen (secondary N) is 5. The molecule has 0 spiro atoms. The Labute approximate surface area is 173 Å². The fourth-order valence-electron chi connectivity index (χ4n) is 5.13. The fraction of sp³-hybridized carbons (Fsp3) is 0.381. The highest BCUT2D eigenvalue weighted by Gasteiger charge is 2.52. The van der Waals surface area contributed by atoms with Gasteiger partial charge in [-0.15, -0.1) is 0 Å². The molecule has 2 heterocycles. The number of methoxy groups -OCH3 is 1. The van der Waals surface area contributed by atoms with Gasteiger partial charge in [-0.2, -0.15) is 0 Å². The maximum atomic E-state index is 12.5. The van der Waals surface area contributed by atoms with Crippen LogP contribution in [0.1, 0.15) is 19.3 Å². The molecule has 30 heavy (non-hydrogen) atoms. The number of nitrogens with zero attached hydrogens (tertiary/aromatic N) is 1. The highest BCUT2D eigenvalue weighted by Crippen LogP contribution is 2.49. The van der Waals surface area contributed by atoms with Gasteiger partial charge in [0.15, 0.2) is 0 Å². The Kier molecular flexibility index (Phi) is 4.66. The standard InChI is InChI=1S/C21H25N7O2/c1-30-14-4-2-3-13(10-14)24-21-26-18-15(7-8-23-18)19(27-21)25-17-12-6-5-11(9-12)16(17)20(29)28-22/h2-4,7-8,10-12,16-17H,5-6,9,22H2,1H3,(H,28,29)(H3,23,24,25,26,27)/p+1. The van der Waals surface area contributed by atoms with E-state index in [1.165, 1.54) is 0 Å². The molecule has 9 nitrogen and oxygen atoms in total. The van der Waals surface area contributed by atoms with Crippen molar-refractivity contribution in [1.82, 2.24) is 15.4 Å². The first-order valence-corrected chi connectivity index (χ1v) is 10.2. The molecule has 2 fully saturated rings. The van der Waals surface area contributed by atoms with Crippen molar-refractivity contribution >= 4 is 34.4 Å². The second kappa shape index (κ2) is 7.49. The van der Waals surface area contributed by atoms with Gasteiger partial charge in [-0.3, -0.25) is 15.5 Å². The summed E-state index contributed by atoms with van der Waals surface area (Å²) >= 11 is 0. The van der Waals surface area contributed by atoms with Crippen molar-refractivity contribution in [2.75, 3.05) is 17.7 Å². The Hall–Kier alpha value is -3.33. The predicted octanol–water partition coefficient (Wildman–Crippen LogP) is 1.95. The Balaban J connectivity index is 1.46. The molecule has 0 saturated heterocycles. The maximum Gasteiger partial charge on any atom is 0.351 e. The van der Waals surface area contributed by atoms with E-state index in [1.807, 2.05) is 36.5 Å². The van der Waals surface area contributed by atoms with Gasteiger partial charge in [-0.25, -0.2) is 10.8 Å². The van der Waals surface area contributed by atoms with E-state index in [-0.39, 0.29) is 17.9 Å². The van der Waals surface area contributed by atoms with E-state index in [2.05, 4.69) is 31.0 Å². The zero-order valence-corrected chi connectivity index (χ0v) is 16.7. The van der Waals surface area contributed by atoms with Gasteiger partial charge in [0.25, 0.3) is 0 Å². The van der Waals surface area contributed by atoms with Crippen molar-refractivity contribution in [3.63, 3.8) is 0 Å². The van der Waals surface area contributed by atoms with Gasteiger partial charge in [0.2, 0.25) is 17.4 Å². The number of rotatable bonds is 6. The fourth-order valence-corrected chi connectivity index (χ4v) is 5.13. The van der Waals surface area contributed by atoms with Crippen LogP contribution in [0, 0.1) is 17.8 Å². The zero-order valence-electron chi connectivity index (χ0n) is 16.7. The number of amides is 1. The van der Waals surface area contributed by atoms with E-state index in [0.717, 1.165) is 47.6 Å². The highest BCUT2D eigenvalue weighted by molar-refractivity contribution is 5.87. The third-order valence-corrected chi connectivity index (χ3v) is 6.47. The van der Waals surface area contributed by atoms with Crippen LogP contribution >= 0.6 is 0 Å². The molecule has 5 rings (SSSR count). The molecule has 9 heteroatoms. The molecule has 156 valence electrons. The summed E-state index contributed by atoms with van der Waals surface area (Å²) in [5.74, 6) is 8.29. The summed E-state index contributed by atoms with van der Waals surface area (Å²) < 4.78 is 5.30. The summed E-state index contributed by atoms with van der Waals surface area (Å²) in [7, 11) is 1.64. The third-order valence-electron chi connectivity index (χ3n) is 6.47. The number of aromatic amines is 2. The van der Waals surface area contributed by atoms with E-state index in [4.69, 9.17) is 10.6 Å². The monoisotopic (exact) mass is 408 g/mol. The van der Waals surface area contributed by atoms with Gasteiger partial charge in [-0.1, -0.05) is 11.1 Å². The second-order valence-electron chi connectivity index (χ2n) is 8.10. The van der Waals surface area contributed by atoms with Gasteiger partial charge in [0.1, 0.15) is 5.75 Å². The number of H-pyrrole nitrogens is 2. The Morgan fingerprint density at radius 2 is 2.17 bits per heavy atom. The second-order valence-corrected chi connectivity index (χ2v) is 8.10. The lowest BCUT2D eigenvalue weighted by Crippen LogP contribution is -2.47. The number of anilines is 3. The Morgan fingerprint density at radius 1 is 1.30 bits per heavy atom. The molecule has 3 aromatic rings. The number of aromatic nitrogens is 3. The van der Waals surface area contributed by atoms with Crippen LogP contribution in [-0.2, 0) is 4.79 Å². The number of hydrazine groups is 1. The lowest BCUT2D eigenvalue weighted by molar-refractivity contribution is -0.346. The van der Waals surface area contributed by atoms with E-state index in [9.17, 15) is 4.79 Å². The summed E-state index contributed by atoms with van der Waals surface area (Å²) in [6.07, 6.45) is 5.14. The first-order chi connectivity index (χ1) is 14.7. The molecule has 1 aromatic carbocycles. The number of benzene rings is 1. The number of ether oxygens (including phenoxy) is 1. The van der Waals surface area contributed by atoms with E-state index in [0.29, 0.717) is 17.8 Å². The van der Waals surface area contributed by atoms with Gasteiger partial charge >= 0.3 is 5.95 Å². The van der Waals surface area contributed by atoms with Crippen LogP contribution in [0.5, 0.6) is 5.75 Å². The lowest BCUT2D eigenvalue weighted by atomic mass is 9.84. The summed E-state index contributed by atoms with van der Waals surface area (Å²) in [6.45, 7) is 0. The molecule has 2 aromatic heterocycles. The molecule has 0 aliphatic heterocycles. The number of carbonyl (C=O) groups is 1. The molecule has 2 bridgehead atoms. The minimum Gasteiger partial charge on any atom is -0.497 e. The zero-order chi connectivity index (χ0) is 20.7. The van der Waals surface area contributed by atoms with Crippen LogP contribution in [0.15, 0.2) is 36.5 Å². The van der Waals surface area contributed by atoms with Crippen molar-refractivity contribution in [2.45, 2.75) is 25.3 Å². The van der Waals surface area contributed by atoms with E-state index >= 15 is 0 Å². The molecule has 2 aliphatic carbocycles. The summed E-state index contributed by atoms with van der Waals surface area (Å²) in [5.41, 5.74) is 3.97. The van der Waals surface area contributed by atoms with E-state index < -0.39 is 0 Å². The molecule has 7 N–H and O–H groups in total. The van der Waals surface area contributed by atoms with Gasteiger partial charge in [0, 0.05) is 12.3 Å². The van der Waals surface area contributed by atoms with Crippen LogP contribution in [0.2, 0.25) is 0 Å². The van der Waals surface area contributed by atoms with Gasteiger partial charge < -0.3 is 15.0 Å². The number of fused-ring (bicyclic) bond motifs is 3. The normalized spacial score (nSPS) is 24.7. The predicted molar refractivity (Wildman–Crippen MR) is 113 cm³/mol. The van der Waals surface area contributed by atoms with Crippen LogP contribution in [0.3, 0.4) is 0 Å². The van der Waals surface area contributed by atoms with Crippen molar-refractivity contribution in [2.24, 2.45) is 23.6 Å². The number of carbonyl (C=O) groups excluding carboxylic acids is 1. The molecule has 4 atom stereocenters. The number of hydrogen-bond donors (Lipinski definition) is 5. The first kappa shape index (κ1) is 18.7. The molecular formula is C21H26N7O2+. The van der Waals surface area contributed by atoms with Crippen molar-refractivity contribution < 1.29 is 14.5 Å². The van der Waals surface area contributed by atoms with Crippen LogP contribution in [0.25, 0.3) is 11.0 Å². The maximum absolute atomic E-state index is 12.5. The van der Waals surface area contributed by atoms with Crippen LogP contribution < -0.4 is 31.6 Å². The number of nitrogens with two attached hydrogens (primary N) is 1. The summed E-state index contributed by atoms with van der Waals surface area (Å²) in [5, 5.41) is 7.86. The number of hydrogen-bond acceptors (Lipinski definition) is 6. The van der Waals surface area contributed by atoms with Crippen molar-refractivity contribution in [3.8, 4) is 5.75 Å². The molecule has 1 amide bonds. The molecule has 2 aliphatic rings. The first-order valence-electron chi connectivity index (χ1n) is 10.2. The topological polar surface area (TPSA) is 131 Å². The van der Waals surface area contributed by atoms with Crippen LogP contribution in [-0.4, -0.2) is 29.0 Å². The summed E-state index contributed by atoms with van der Waals surface area (Å²) in [4.78, 5) is 23.6. The minimum absolute atomic E-state index is 0.0359. The molecule has 4 unspecified atom stereocenters. The average molecular weight is 408 g/mol. The lowest BCUT2D eigenvalue weighted by Gasteiger charge is -2.29. The largest absolute Gasteiger partial charge is 0.497 e. The Morgan fingerprint density at radius 3 is 3.00 bits per heavy atom. The average Bonchev–Trinajstić information content (AvgIpc) is 3.49.